The van der Waals surface area contributed by atoms with Crippen molar-refractivity contribution in [1.29, 1.82) is 0 Å². The Hall–Kier alpha value is -2.57. The molecule has 0 unspecified atom stereocenters. The number of oxazole rings is 1. The highest BCUT2D eigenvalue weighted by Crippen LogP contribution is 2.15. The quantitative estimate of drug-likeness (QED) is 0.808. The Morgan fingerprint density at radius 2 is 1.82 bits per heavy atom. The molecule has 1 heterocycles. The number of fused-ring (bicyclic) bond motifs is 1. The van der Waals surface area contributed by atoms with Gasteiger partial charge in [-0.25, -0.2) is 4.79 Å². The molecule has 0 fully saturated rings. The molecule has 118 valence electrons. The van der Waals surface area contributed by atoms with Gasteiger partial charge in [0.05, 0.1) is 5.52 Å². The molecule has 1 aromatic heterocycles. The number of rotatable bonds is 6. The van der Waals surface area contributed by atoms with Gasteiger partial charge in [0, 0.05) is 33.5 Å². The molecule has 22 heavy (non-hydrogen) atoms. The minimum absolute atomic E-state index is 0.0725. The van der Waals surface area contributed by atoms with E-state index in [0.717, 1.165) is 5.56 Å². The van der Waals surface area contributed by atoms with E-state index in [0.29, 0.717) is 37.2 Å². The second kappa shape index (κ2) is 6.93. The molecule has 0 atom stereocenters. The van der Waals surface area contributed by atoms with E-state index in [1.165, 1.54) is 18.4 Å². The zero-order valence-corrected chi connectivity index (χ0v) is 12.6. The maximum Gasteiger partial charge on any atom is 0.420 e. The van der Waals surface area contributed by atoms with Crippen LogP contribution < -0.4 is 16.4 Å². The first kappa shape index (κ1) is 15.8. The van der Waals surface area contributed by atoms with Gasteiger partial charge in [-0.2, -0.15) is 0 Å². The Balaban J connectivity index is 2.12. The minimum Gasteiger partial charge on any atom is -0.408 e. The van der Waals surface area contributed by atoms with Crippen molar-refractivity contribution in [2.45, 2.75) is 26.8 Å². The number of amides is 2. The molecule has 0 bridgehead atoms. The van der Waals surface area contributed by atoms with Crippen LogP contribution in [-0.4, -0.2) is 29.5 Å². The number of carbonyl (C=O) groups excluding carboxylic acids is 2. The fraction of sp³-hybridized carbons (Fsp3) is 0.400. The third-order valence-electron chi connectivity index (χ3n) is 3.23. The summed E-state index contributed by atoms with van der Waals surface area (Å²) in [5.41, 5.74) is 2.18. The molecule has 7 heteroatoms. The van der Waals surface area contributed by atoms with E-state index < -0.39 is 5.76 Å². The molecular formula is C15H19N3O4. The van der Waals surface area contributed by atoms with E-state index in [4.69, 9.17) is 4.42 Å². The van der Waals surface area contributed by atoms with Crippen molar-refractivity contribution in [3.05, 3.63) is 34.3 Å². The highest BCUT2D eigenvalue weighted by molar-refractivity contribution is 5.74. The van der Waals surface area contributed by atoms with E-state index in [2.05, 4.69) is 10.6 Å². The molecule has 1 aromatic carbocycles. The number of benzene rings is 1. The minimum atomic E-state index is -0.445. The summed E-state index contributed by atoms with van der Waals surface area (Å²) in [6.45, 7) is 4.16. The highest BCUT2D eigenvalue weighted by Gasteiger charge is 2.09. The molecule has 0 spiro atoms. The molecule has 0 aliphatic rings. The van der Waals surface area contributed by atoms with Crippen LogP contribution in [0.3, 0.4) is 0 Å². The average molecular weight is 305 g/mol. The van der Waals surface area contributed by atoms with Crippen LogP contribution in [0.15, 0.2) is 27.4 Å². The predicted molar refractivity (Wildman–Crippen MR) is 81.5 cm³/mol. The lowest BCUT2D eigenvalue weighted by molar-refractivity contribution is -0.119. The van der Waals surface area contributed by atoms with Gasteiger partial charge in [0.15, 0.2) is 5.58 Å². The number of carbonyl (C=O) groups is 2. The number of hydrogen-bond donors (Lipinski definition) is 2. The number of aromatic nitrogens is 1. The summed E-state index contributed by atoms with van der Waals surface area (Å²) >= 11 is 0. The monoisotopic (exact) mass is 305 g/mol. The maximum absolute atomic E-state index is 11.9. The van der Waals surface area contributed by atoms with Crippen LogP contribution in [0.4, 0.5) is 0 Å². The predicted octanol–water partition coefficient (Wildman–Crippen LogP) is 0.409. The molecule has 7 nitrogen and oxygen atoms in total. The maximum atomic E-state index is 11.9. The van der Waals surface area contributed by atoms with Gasteiger partial charge in [0.2, 0.25) is 11.8 Å². The average Bonchev–Trinajstić information content (AvgIpc) is 2.73. The lowest BCUT2D eigenvalue weighted by Crippen LogP contribution is -2.27. The molecular weight excluding hydrogens is 286 g/mol. The van der Waals surface area contributed by atoms with Crippen molar-refractivity contribution in [3.8, 4) is 0 Å². The Bertz CT molecular complexity index is 745. The molecule has 0 radical (unpaired) electrons. The molecule has 2 aromatic rings. The van der Waals surface area contributed by atoms with Crippen LogP contribution in [-0.2, 0) is 22.6 Å². The van der Waals surface area contributed by atoms with Crippen molar-refractivity contribution in [3.63, 3.8) is 0 Å². The van der Waals surface area contributed by atoms with Crippen LogP contribution in [0.1, 0.15) is 19.4 Å². The Morgan fingerprint density at radius 1 is 1.14 bits per heavy atom. The fourth-order valence-corrected chi connectivity index (χ4v) is 2.20. The summed E-state index contributed by atoms with van der Waals surface area (Å²) in [5, 5.41) is 5.37. The Kier molecular flexibility index (Phi) is 4.98. The van der Waals surface area contributed by atoms with Crippen LogP contribution in [0.5, 0.6) is 0 Å². The van der Waals surface area contributed by atoms with E-state index in [1.54, 1.807) is 6.07 Å². The third kappa shape index (κ3) is 3.97. The van der Waals surface area contributed by atoms with Gasteiger partial charge in [-0.1, -0.05) is 6.07 Å². The van der Waals surface area contributed by atoms with Crippen molar-refractivity contribution in [2.24, 2.45) is 0 Å². The van der Waals surface area contributed by atoms with E-state index in [9.17, 15) is 14.4 Å². The molecule has 0 aliphatic carbocycles. The standard InChI is InChI=1S/C15H19N3O4/c1-10(19)16-6-5-12-3-4-13-14(9-12)22-15(21)18(13)8-7-17-11(2)20/h3-4,9H,5-8H2,1-2H3,(H,16,19)(H,17,20). The van der Waals surface area contributed by atoms with Gasteiger partial charge in [-0.3, -0.25) is 14.2 Å². The van der Waals surface area contributed by atoms with E-state index in [-0.39, 0.29) is 11.8 Å². The fourth-order valence-electron chi connectivity index (χ4n) is 2.20. The molecule has 2 N–H and O–H groups in total. The van der Waals surface area contributed by atoms with Crippen molar-refractivity contribution < 1.29 is 14.0 Å². The third-order valence-corrected chi connectivity index (χ3v) is 3.23. The molecule has 0 saturated heterocycles. The van der Waals surface area contributed by atoms with Gasteiger partial charge in [0.1, 0.15) is 0 Å². The Morgan fingerprint density at radius 3 is 2.50 bits per heavy atom. The SMILES string of the molecule is CC(=O)NCCc1ccc2c(c1)oc(=O)n2CCNC(C)=O. The van der Waals surface area contributed by atoms with Gasteiger partial charge in [-0.15, -0.1) is 0 Å². The summed E-state index contributed by atoms with van der Waals surface area (Å²) in [7, 11) is 0. The van der Waals surface area contributed by atoms with Gasteiger partial charge in [-0.05, 0) is 24.1 Å². The zero-order valence-electron chi connectivity index (χ0n) is 12.6. The molecule has 2 rings (SSSR count). The molecule has 2 amide bonds. The number of nitrogens with one attached hydrogen (secondary N) is 2. The van der Waals surface area contributed by atoms with Gasteiger partial charge >= 0.3 is 5.76 Å². The van der Waals surface area contributed by atoms with Crippen molar-refractivity contribution in [2.75, 3.05) is 13.1 Å². The first-order valence-electron chi connectivity index (χ1n) is 7.08. The van der Waals surface area contributed by atoms with E-state index >= 15 is 0 Å². The smallest absolute Gasteiger partial charge is 0.408 e. The van der Waals surface area contributed by atoms with Crippen molar-refractivity contribution in [1.82, 2.24) is 15.2 Å². The van der Waals surface area contributed by atoms with Crippen molar-refractivity contribution >= 4 is 22.9 Å². The number of hydrogen-bond acceptors (Lipinski definition) is 4. The summed E-state index contributed by atoms with van der Waals surface area (Å²) < 4.78 is 6.72. The summed E-state index contributed by atoms with van der Waals surface area (Å²) in [6.07, 6.45) is 0.663. The highest BCUT2D eigenvalue weighted by atomic mass is 16.4. The lowest BCUT2D eigenvalue weighted by atomic mass is 10.1. The summed E-state index contributed by atoms with van der Waals surface area (Å²) in [4.78, 5) is 33.6. The first-order chi connectivity index (χ1) is 10.5. The molecule has 0 saturated carbocycles. The second-order valence-corrected chi connectivity index (χ2v) is 5.04. The van der Waals surface area contributed by atoms with E-state index in [1.807, 2.05) is 12.1 Å². The van der Waals surface area contributed by atoms with Crippen LogP contribution in [0.2, 0.25) is 0 Å². The normalized spacial score (nSPS) is 10.6. The lowest BCUT2D eigenvalue weighted by Gasteiger charge is -2.04. The van der Waals surface area contributed by atoms with Crippen LogP contribution in [0.25, 0.3) is 11.1 Å². The largest absolute Gasteiger partial charge is 0.420 e. The van der Waals surface area contributed by atoms with Crippen LogP contribution >= 0.6 is 0 Å². The first-order valence-corrected chi connectivity index (χ1v) is 7.08. The van der Waals surface area contributed by atoms with Gasteiger partial charge < -0.3 is 15.1 Å². The zero-order chi connectivity index (χ0) is 16.1. The summed E-state index contributed by atoms with van der Waals surface area (Å²) in [6, 6.07) is 5.51. The number of nitrogens with zero attached hydrogens (tertiary/aromatic N) is 1. The molecule has 0 aliphatic heterocycles. The Labute approximate surface area is 127 Å². The van der Waals surface area contributed by atoms with Crippen LogP contribution in [0, 0.1) is 0 Å². The topological polar surface area (TPSA) is 93.3 Å². The second-order valence-electron chi connectivity index (χ2n) is 5.04. The summed E-state index contributed by atoms with van der Waals surface area (Å²) in [5.74, 6) is -0.655. The van der Waals surface area contributed by atoms with Gasteiger partial charge in [0.25, 0.3) is 0 Å².